The molecule has 0 aliphatic carbocycles. The number of methoxy groups -OCH3 is 1. The normalized spacial score (nSPS) is 11.1. The summed E-state index contributed by atoms with van der Waals surface area (Å²) in [6.45, 7) is 9.13. The molecule has 1 N–H and O–H groups in total. The van der Waals surface area contributed by atoms with Gasteiger partial charge in [0.1, 0.15) is 5.75 Å². The van der Waals surface area contributed by atoms with Gasteiger partial charge in [-0.3, -0.25) is 4.99 Å². The van der Waals surface area contributed by atoms with E-state index in [0.29, 0.717) is 5.92 Å². The van der Waals surface area contributed by atoms with Crippen molar-refractivity contribution < 1.29 is 4.74 Å². The summed E-state index contributed by atoms with van der Waals surface area (Å²) in [6, 6.07) is 8.16. The van der Waals surface area contributed by atoms with Crippen LogP contribution in [0.5, 0.6) is 5.75 Å². The van der Waals surface area contributed by atoms with Crippen LogP contribution >= 0.6 is 24.0 Å². The molecule has 1 aromatic carbocycles. The van der Waals surface area contributed by atoms with Crippen LogP contribution in [0.1, 0.15) is 32.8 Å². The zero-order valence-corrected chi connectivity index (χ0v) is 16.8. The van der Waals surface area contributed by atoms with E-state index in [1.807, 2.05) is 12.1 Å². The van der Waals surface area contributed by atoms with Gasteiger partial charge >= 0.3 is 0 Å². The summed E-state index contributed by atoms with van der Waals surface area (Å²) in [7, 11) is 3.76. The molecule has 4 nitrogen and oxygen atoms in total. The highest BCUT2D eigenvalue weighted by Crippen LogP contribution is 2.12. The molecule has 1 rings (SSSR count). The van der Waals surface area contributed by atoms with E-state index in [9.17, 15) is 0 Å². The first-order valence-electron chi connectivity index (χ1n) is 7.69. The molecule has 0 fully saturated rings. The van der Waals surface area contributed by atoms with Crippen LogP contribution in [-0.4, -0.2) is 38.1 Å². The maximum Gasteiger partial charge on any atom is 0.193 e. The summed E-state index contributed by atoms with van der Waals surface area (Å²) in [5.41, 5.74) is 1.24. The van der Waals surface area contributed by atoms with E-state index in [1.165, 1.54) is 5.56 Å². The minimum Gasteiger partial charge on any atom is -0.497 e. The number of hydrogen-bond donors (Lipinski definition) is 1. The largest absolute Gasteiger partial charge is 0.497 e. The van der Waals surface area contributed by atoms with Crippen molar-refractivity contribution >= 4 is 29.9 Å². The van der Waals surface area contributed by atoms with Crippen molar-refractivity contribution in [3.05, 3.63) is 29.8 Å². The fourth-order valence-corrected chi connectivity index (χ4v) is 1.98. The van der Waals surface area contributed by atoms with Crippen LogP contribution in [0, 0.1) is 5.92 Å². The lowest BCUT2D eigenvalue weighted by Crippen LogP contribution is -2.38. The van der Waals surface area contributed by atoms with Gasteiger partial charge in [-0.1, -0.05) is 26.0 Å². The summed E-state index contributed by atoms with van der Waals surface area (Å²) in [4.78, 5) is 6.85. The molecule has 0 spiro atoms. The molecule has 0 aliphatic rings. The molecule has 0 unspecified atom stereocenters. The van der Waals surface area contributed by atoms with Gasteiger partial charge in [0.05, 0.1) is 7.11 Å². The molecular weight excluding hydrogens is 389 g/mol. The lowest BCUT2D eigenvalue weighted by Gasteiger charge is -2.22. The monoisotopic (exact) mass is 419 g/mol. The molecule has 0 aliphatic heterocycles. The highest BCUT2D eigenvalue weighted by molar-refractivity contribution is 14.0. The van der Waals surface area contributed by atoms with Crippen molar-refractivity contribution in [1.29, 1.82) is 0 Å². The first-order valence-corrected chi connectivity index (χ1v) is 7.69. The maximum absolute atomic E-state index is 5.19. The van der Waals surface area contributed by atoms with Crippen molar-refractivity contribution in [1.82, 2.24) is 10.2 Å². The van der Waals surface area contributed by atoms with Gasteiger partial charge in [0, 0.05) is 26.7 Å². The molecule has 5 heteroatoms. The Kier molecular flexibility index (Phi) is 11.1. The number of halogens is 1. The van der Waals surface area contributed by atoms with E-state index in [1.54, 1.807) is 7.11 Å². The maximum atomic E-state index is 5.19. The molecule has 0 amide bonds. The van der Waals surface area contributed by atoms with Crippen molar-refractivity contribution in [3.63, 3.8) is 0 Å². The minimum absolute atomic E-state index is 0. The Morgan fingerprint density at radius 2 is 1.91 bits per heavy atom. The number of hydrogen-bond acceptors (Lipinski definition) is 2. The average molecular weight is 419 g/mol. The number of aliphatic imine (C=N–C) groups is 1. The second-order valence-corrected chi connectivity index (χ2v) is 5.62. The Morgan fingerprint density at radius 3 is 2.41 bits per heavy atom. The van der Waals surface area contributed by atoms with Crippen LogP contribution in [0.4, 0.5) is 0 Å². The zero-order chi connectivity index (χ0) is 15.7. The predicted octanol–water partition coefficient (Wildman–Crippen LogP) is 3.76. The van der Waals surface area contributed by atoms with Gasteiger partial charge in [0.2, 0.25) is 0 Å². The SMILES string of the molecule is CCNC(=NCCC(C)C)N(C)Cc1ccc(OC)cc1.I. The lowest BCUT2D eigenvalue weighted by atomic mass is 10.1. The molecule has 0 aromatic heterocycles. The number of benzene rings is 1. The van der Waals surface area contributed by atoms with Crippen molar-refractivity contribution in [2.24, 2.45) is 10.9 Å². The van der Waals surface area contributed by atoms with Gasteiger partial charge in [-0.05, 0) is 37.0 Å². The molecule has 1 aromatic rings. The topological polar surface area (TPSA) is 36.9 Å². The van der Waals surface area contributed by atoms with E-state index in [-0.39, 0.29) is 24.0 Å². The quantitative estimate of drug-likeness (QED) is 0.416. The van der Waals surface area contributed by atoms with Crippen LogP contribution < -0.4 is 10.1 Å². The molecule has 0 saturated carbocycles. The van der Waals surface area contributed by atoms with Crippen molar-refractivity contribution in [2.45, 2.75) is 33.7 Å². The van der Waals surface area contributed by atoms with Gasteiger partial charge in [-0.15, -0.1) is 24.0 Å². The smallest absolute Gasteiger partial charge is 0.193 e. The average Bonchev–Trinajstić information content (AvgIpc) is 2.46. The Bertz CT molecular complexity index is 432. The summed E-state index contributed by atoms with van der Waals surface area (Å²) >= 11 is 0. The number of guanidine groups is 1. The zero-order valence-electron chi connectivity index (χ0n) is 14.4. The highest BCUT2D eigenvalue weighted by atomic mass is 127. The van der Waals surface area contributed by atoms with Crippen molar-refractivity contribution in [2.75, 3.05) is 27.2 Å². The summed E-state index contributed by atoms with van der Waals surface area (Å²) in [5, 5.41) is 3.35. The molecule has 0 atom stereocenters. The van der Waals surface area contributed by atoms with E-state index in [0.717, 1.165) is 37.8 Å². The molecule has 22 heavy (non-hydrogen) atoms. The highest BCUT2D eigenvalue weighted by Gasteiger charge is 2.06. The van der Waals surface area contributed by atoms with Gasteiger partial charge < -0.3 is 15.0 Å². The number of nitrogens with one attached hydrogen (secondary N) is 1. The number of ether oxygens (including phenoxy) is 1. The van der Waals surface area contributed by atoms with E-state index >= 15 is 0 Å². The third-order valence-electron chi connectivity index (χ3n) is 3.24. The van der Waals surface area contributed by atoms with Crippen LogP contribution in [0.2, 0.25) is 0 Å². The first-order chi connectivity index (χ1) is 10.1. The molecular formula is C17H30IN3O. The summed E-state index contributed by atoms with van der Waals surface area (Å²) < 4.78 is 5.19. The molecule has 0 heterocycles. The third-order valence-corrected chi connectivity index (χ3v) is 3.24. The molecule has 0 saturated heterocycles. The van der Waals surface area contributed by atoms with E-state index in [4.69, 9.17) is 9.73 Å². The van der Waals surface area contributed by atoms with Gasteiger partial charge in [0.25, 0.3) is 0 Å². The third kappa shape index (κ3) is 7.87. The van der Waals surface area contributed by atoms with E-state index < -0.39 is 0 Å². The standard InChI is InChI=1S/C17H29N3O.HI/c1-6-18-17(19-12-11-14(2)3)20(4)13-15-7-9-16(21-5)10-8-15;/h7-10,14H,6,11-13H2,1-5H3,(H,18,19);1H. The summed E-state index contributed by atoms with van der Waals surface area (Å²) in [6.07, 6.45) is 1.12. The Hall–Kier alpha value is -0.980. The second kappa shape index (κ2) is 11.6. The van der Waals surface area contributed by atoms with Crippen LogP contribution in [0.15, 0.2) is 29.3 Å². The van der Waals surface area contributed by atoms with Gasteiger partial charge in [-0.2, -0.15) is 0 Å². The Morgan fingerprint density at radius 1 is 1.27 bits per heavy atom. The number of rotatable bonds is 7. The molecule has 126 valence electrons. The number of nitrogens with zero attached hydrogens (tertiary/aromatic N) is 2. The first kappa shape index (κ1) is 21.0. The fourth-order valence-electron chi connectivity index (χ4n) is 1.98. The second-order valence-electron chi connectivity index (χ2n) is 5.62. The fraction of sp³-hybridized carbons (Fsp3) is 0.588. The predicted molar refractivity (Wildman–Crippen MR) is 105 cm³/mol. The Balaban J connectivity index is 0.00000441. The lowest BCUT2D eigenvalue weighted by molar-refractivity contribution is 0.414. The molecule has 0 radical (unpaired) electrons. The Labute approximate surface area is 152 Å². The van der Waals surface area contributed by atoms with Crippen molar-refractivity contribution in [3.8, 4) is 5.75 Å². The van der Waals surface area contributed by atoms with Gasteiger partial charge in [-0.25, -0.2) is 0 Å². The van der Waals surface area contributed by atoms with E-state index in [2.05, 4.69) is 50.2 Å². The molecule has 0 bridgehead atoms. The minimum atomic E-state index is 0. The summed E-state index contributed by atoms with van der Waals surface area (Å²) in [5.74, 6) is 2.54. The van der Waals surface area contributed by atoms with Crippen LogP contribution in [0.3, 0.4) is 0 Å². The van der Waals surface area contributed by atoms with Gasteiger partial charge in [0.15, 0.2) is 5.96 Å². The van der Waals surface area contributed by atoms with Crippen LogP contribution in [0.25, 0.3) is 0 Å². The van der Waals surface area contributed by atoms with Crippen LogP contribution in [-0.2, 0) is 6.54 Å².